The number of amides is 3. The fourth-order valence-electron chi connectivity index (χ4n) is 3.65. The van der Waals surface area contributed by atoms with Crippen molar-refractivity contribution in [2.45, 2.75) is 17.1 Å². The highest BCUT2D eigenvalue weighted by Gasteiger charge is 2.18. The van der Waals surface area contributed by atoms with E-state index >= 15 is 0 Å². The third-order valence-electron chi connectivity index (χ3n) is 5.68. The molecule has 41 heavy (non-hydrogen) atoms. The van der Waals surface area contributed by atoms with Crippen LogP contribution in [0, 0.1) is 0 Å². The molecule has 1 atom stereocenters. The highest BCUT2D eigenvalue weighted by molar-refractivity contribution is 8.00. The summed E-state index contributed by atoms with van der Waals surface area (Å²) in [6.07, 6.45) is 1.43. The summed E-state index contributed by atoms with van der Waals surface area (Å²) < 4.78 is 0. The van der Waals surface area contributed by atoms with Crippen LogP contribution in [0.1, 0.15) is 22.8 Å². The van der Waals surface area contributed by atoms with Gasteiger partial charge in [-0.1, -0.05) is 71.2 Å². The van der Waals surface area contributed by atoms with Crippen LogP contribution in [0.3, 0.4) is 0 Å². The summed E-state index contributed by atoms with van der Waals surface area (Å²) in [4.78, 5) is 39.8. The Bertz CT molecular complexity index is 1590. The lowest BCUT2D eigenvalue weighted by Gasteiger charge is -2.14. The number of rotatable bonds is 9. The van der Waals surface area contributed by atoms with Crippen molar-refractivity contribution in [2.24, 2.45) is 0 Å². The standard InChI is InChI=1S/C31H24Cl3N3O3S/c1-19(29(38)35-22-11-5-10-21(32)16-22)41-24-13-6-12-23(17-24)36-31(40)28(18-25-26(33)14-7-15-27(25)34)37-30(39)20-8-3-2-4-9-20/h2-19H,1H3,(H,35,38)(H,36,40)(H,37,39)/b28-18+. The van der Waals surface area contributed by atoms with Gasteiger partial charge in [0.2, 0.25) is 5.91 Å². The third kappa shape index (κ3) is 8.62. The van der Waals surface area contributed by atoms with Crippen LogP contribution in [0.25, 0.3) is 6.08 Å². The zero-order valence-electron chi connectivity index (χ0n) is 21.7. The average molecular weight is 625 g/mol. The van der Waals surface area contributed by atoms with E-state index in [1.807, 2.05) is 6.07 Å². The lowest BCUT2D eigenvalue weighted by Crippen LogP contribution is -2.30. The van der Waals surface area contributed by atoms with Gasteiger partial charge in [-0.3, -0.25) is 14.4 Å². The van der Waals surface area contributed by atoms with Gasteiger partial charge in [0.1, 0.15) is 5.70 Å². The Morgan fingerprint density at radius 3 is 2.07 bits per heavy atom. The van der Waals surface area contributed by atoms with Crippen LogP contribution < -0.4 is 16.0 Å². The maximum absolute atomic E-state index is 13.4. The average Bonchev–Trinajstić information content (AvgIpc) is 2.95. The molecule has 208 valence electrons. The summed E-state index contributed by atoms with van der Waals surface area (Å²) in [5.74, 6) is -1.25. The van der Waals surface area contributed by atoms with Crippen molar-refractivity contribution in [3.63, 3.8) is 0 Å². The molecule has 3 N–H and O–H groups in total. The molecule has 0 bridgehead atoms. The minimum absolute atomic E-state index is 0.0545. The van der Waals surface area contributed by atoms with E-state index in [-0.39, 0.29) is 11.6 Å². The zero-order valence-corrected chi connectivity index (χ0v) is 24.7. The molecular formula is C31H24Cl3N3O3S. The SMILES string of the molecule is CC(Sc1cccc(NC(=O)/C(=C\c2c(Cl)cccc2Cl)NC(=O)c2ccccc2)c1)C(=O)Nc1cccc(Cl)c1. The van der Waals surface area contributed by atoms with Gasteiger partial charge in [0, 0.05) is 42.5 Å². The lowest BCUT2D eigenvalue weighted by molar-refractivity contribution is -0.115. The van der Waals surface area contributed by atoms with E-state index in [9.17, 15) is 14.4 Å². The van der Waals surface area contributed by atoms with E-state index in [0.717, 1.165) is 4.90 Å². The Morgan fingerprint density at radius 1 is 0.756 bits per heavy atom. The van der Waals surface area contributed by atoms with E-state index < -0.39 is 17.1 Å². The molecule has 0 aliphatic heterocycles. The highest BCUT2D eigenvalue weighted by atomic mass is 35.5. The molecule has 0 aliphatic rings. The molecule has 0 saturated heterocycles. The van der Waals surface area contributed by atoms with Crippen LogP contribution in [-0.2, 0) is 9.59 Å². The van der Waals surface area contributed by atoms with Gasteiger partial charge >= 0.3 is 0 Å². The quantitative estimate of drug-likeness (QED) is 0.129. The van der Waals surface area contributed by atoms with Crippen molar-refractivity contribution in [3.8, 4) is 0 Å². The second-order valence-corrected chi connectivity index (χ2v) is 11.4. The molecule has 3 amide bonds. The van der Waals surface area contributed by atoms with Crippen LogP contribution in [-0.4, -0.2) is 23.0 Å². The van der Waals surface area contributed by atoms with Gasteiger partial charge in [-0.25, -0.2) is 0 Å². The normalized spacial score (nSPS) is 11.9. The molecule has 0 fully saturated rings. The summed E-state index contributed by atoms with van der Waals surface area (Å²) >= 11 is 20.0. The second kappa shape index (κ2) is 14.2. The molecule has 0 aromatic heterocycles. The fourth-order valence-corrected chi connectivity index (χ4v) is 5.27. The van der Waals surface area contributed by atoms with Crippen molar-refractivity contribution in [1.82, 2.24) is 5.32 Å². The van der Waals surface area contributed by atoms with Gasteiger partial charge < -0.3 is 16.0 Å². The molecule has 10 heteroatoms. The summed E-state index contributed by atoms with van der Waals surface area (Å²) in [6.45, 7) is 1.78. The summed E-state index contributed by atoms with van der Waals surface area (Å²) in [7, 11) is 0. The number of thioether (sulfide) groups is 1. The number of halogens is 3. The summed E-state index contributed by atoms with van der Waals surface area (Å²) in [6, 6.07) is 27.4. The second-order valence-electron chi connectivity index (χ2n) is 8.76. The van der Waals surface area contributed by atoms with Crippen molar-refractivity contribution in [2.75, 3.05) is 10.6 Å². The largest absolute Gasteiger partial charge is 0.325 e. The predicted molar refractivity (Wildman–Crippen MR) is 169 cm³/mol. The summed E-state index contributed by atoms with van der Waals surface area (Å²) in [5.41, 5.74) is 1.78. The maximum Gasteiger partial charge on any atom is 0.272 e. The molecule has 4 aromatic rings. The van der Waals surface area contributed by atoms with Crippen molar-refractivity contribution >= 4 is 81.7 Å². The number of benzene rings is 4. The summed E-state index contributed by atoms with van der Waals surface area (Å²) in [5, 5.41) is 9.05. The first-order valence-corrected chi connectivity index (χ1v) is 14.4. The Morgan fingerprint density at radius 2 is 1.39 bits per heavy atom. The van der Waals surface area contributed by atoms with Gasteiger partial charge in [-0.05, 0) is 73.7 Å². The number of hydrogen-bond donors (Lipinski definition) is 3. The maximum atomic E-state index is 13.4. The highest BCUT2D eigenvalue weighted by Crippen LogP contribution is 2.29. The Labute approximate surface area is 257 Å². The smallest absolute Gasteiger partial charge is 0.272 e. The Hall–Kier alpha value is -3.75. The third-order valence-corrected chi connectivity index (χ3v) is 7.67. The molecule has 0 heterocycles. The first-order valence-electron chi connectivity index (χ1n) is 12.4. The Kier molecular flexibility index (Phi) is 10.5. The van der Waals surface area contributed by atoms with E-state index in [1.165, 1.54) is 17.8 Å². The fraction of sp³-hybridized carbons (Fsp3) is 0.0645. The Balaban J connectivity index is 1.51. The topological polar surface area (TPSA) is 87.3 Å². The molecule has 4 rings (SSSR count). The molecule has 0 spiro atoms. The van der Waals surface area contributed by atoms with Gasteiger partial charge in [0.15, 0.2) is 0 Å². The molecule has 6 nitrogen and oxygen atoms in total. The lowest BCUT2D eigenvalue weighted by atomic mass is 10.1. The monoisotopic (exact) mass is 623 g/mol. The van der Waals surface area contributed by atoms with E-state index in [4.69, 9.17) is 34.8 Å². The molecule has 4 aromatic carbocycles. The first-order chi connectivity index (χ1) is 19.7. The van der Waals surface area contributed by atoms with Gasteiger partial charge in [-0.2, -0.15) is 0 Å². The number of nitrogens with one attached hydrogen (secondary N) is 3. The molecule has 1 unspecified atom stereocenters. The van der Waals surface area contributed by atoms with Crippen molar-refractivity contribution < 1.29 is 14.4 Å². The van der Waals surface area contributed by atoms with E-state index in [2.05, 4.69) is 16.0 Å². The zero-order chi connectivity index (χ0) is 29.4. The van der Waals surface area contributed by atoms with Crippen LogP contribution in [0.5, 0.6) is 0 Å². The molecular weight excluding hydrogens is 601 g/mol. The van der Waals surface area contributed by atoms with Crippen LogP contribution in [0.4, 0.5) is 11.4 Å². The van der Waals surface area contributed by atoms with Crippen LogP contribution in [0.2, 0.25) is 15.1 Å². The number of carbonyl (C=O) groups excluding carboxylic acids is 3. The van der Waals surface area contributed by atoms with E-state index in [1.54, 1.807) is 97.9 Å². The van der Waals surface area contributed by atoms with Crippen LogP contribution in [0.15, 0.2) is 108 Å². The molecule has 0 radical (unpaired) electrons. The van der Waals surface area contributed by atoms with Crippen LogP contribution >= 0.6 is 46.6 Å². The number of hydrogen-bond acceptors (Lipinski definition) is 4. The minimum Gasteiger partial charge on any atom is -0.325 e. The molecule has 0 saturated carbocycles. The number of anilines is 2. The van der Waals surface area contributed by atoms with E-state index in [0.29, 0.717) is 37.6 Å². The van der Waals surface area contributed by atoms with Gasteiger partial charge in [0.25, 0.3) is 11.8 Å². The predicted octanol–water partition coefficient (Wildman–Crippen LogP) is 8.18. The van der Waals surface area contributed by atoms with Gasteiger partial charge in [0.05, 0.1) is 5.25 Å². The van der Waals surface area contributed by atoms with Gasteiger partial charge in [-0.15, -0.1) is 11.8 Å². The first kappa shape index (κ1) is 30.2. The van der Waals surface area contributed by atoms with Crippen molar-refractivity contribution in [3.05, 3.63) is 129 Å². The molecule has 0 aliphatic carbocycles. The number of carbonyl (C=O) groups is 3. The van der Waals surface area contributed by atoms with Crippen molar-refractivity contribution in [1.29, 1.82) is 0 Å². The minimum atomic E-state index is -0.584.